The van der Waals surface area contributed by atoms with Gasteiger partial charge in [-0.05, 0) is 36.8 Å². The van der Waals surface area contributed by atoms with Crippen molar-refractivity contribution in [3.8, 4) is 0 Å². The average molecular weight is 241 g/mol. The van der Waals surface area contributed by atoms with Gasteiger partial charge >= 0.3 is 0 Å². The van der Waals surface area contributed by atoms with Crippen molar-refractivity contribution in [3.63, 3.8) is 0 Å². The van der Waals surface area contributed by atoms with Crippen molar-refractivity contribution in [1.82, 2.24) is 4.98 Å². The van der Waals surface area contributed by atoms with E-state index in [1.54, 1.807) is 48.6 Å². The van der Waals surface area contributed by atoms with Crippen molar-refractivity contribution in [2.45, 2.75) is 6.92 Å². The molecular formula is C14H15N3O. The highest BCUT2D eigenvalue weighted by atomic mass is 16.2. The quantitative estimate of drug-likeness (QED) is 0.820. The van der Waals surface area contributed by atoms with Crippen molar-refractivity contribution in [2.24, 2.45) is 0 Å². The number of amides is 1. The summed E-state index contributed by atoms with van der Waals surface area (Å²) in [6.45, 7) is 1.85. The maximum Gasteiger partial charge on any atom is 0.258 e. The number of hydrogen-bond donors (Lipinski definition) is 1. The van der Waals surface area contributed by atoms with E-state index < -0.39 is 0 Å². The fraction of sp³-hybridized carbons (Fsp3) is 0.143. The van der Waals surface area contributed by atoms with Gasteiger partial charge in [-0.25, -0.2) is 0 Å². The van der Waals surface area contributed by atoms with E-state index in [9.17, 15) is 4.79 Å². The number of hydrogen-bond acceptors (Lipinski definition) is 3. The highest BCUT2D eigenvalue weighted by Gasteiger charge is 2.16. The van der Waals surface area contributed by atoms with Crippen molar-refractivity contribution >= 4 is 17.3 Å². The van der Waals surface area contributed by atoms with Gasteiger partial charge in [0.25, 0.3) is 5.91 Å². The van der Waals surface area contributed by atoms with Crippen LogP contribution in [0.1, 0.15) is 15.9 Å². The zero-order chi connectivity index (χ0) is 13.1. The fourth-order valence-corrected chi connectivity index (χ4v) is 1.74. The Labute approximate surface area is 106 Å². The third-order valence-electron chi connectivity index (χ3n) is 2.94. The number of nitrogens with zero attached hydrogens (tertiary/aromatic N) is 2. The molecule has 2 aromatic rings. The summed E-state index contributed by atoms with van der Waals surface area (Å²) in [5, 5.41) is 0. The molecule has 1 amide bonds. The van der Waals surface area contributed by atoms with Gasteiger partial charge < -0.3 is 10.6 Å². The SMILES string of the molecule is Cc1c(N)cccc1C(=O)N(C)c1cccnc1. The monoisotopic (exact) mass is 241 g/mol. The van der Waals surface area contributed by atoms with Crippen LogP contribution in [-0.4, -0.2) is 17.9 Å². The molecule has 2 rings (SSSR count). The summed E-state index contributed by atoms with van der Waals surface area (Å²) >= 11 is 0. The van der Waals surface area contributed by atoms with Crippen LogP contribution >= 0.6 is 0 Å². The highest BCUT2D eigenvalue weighted by molar-refractivity contribution is 6.07. The molecule has 0 atom stereocenters. The first kappa shape index (κ1) is 12.1. The molecule has 1 aromatic carbocycles. The van der Waals surface area contributed by atoms with Crippen molar-refractivity contribution < 1.29 is 4.79 Å². The number of rotatable bonds is 2. The third-order valence-corrected chi connectivity index (χ3v) is 2.94. The Morgan fingerprint density at radius 1 is 1.28 bits per heavy atom. The van der Waals surface area contributed by atoms with Gasteiger partial charge in [-0.1, -0.05) is 6.07 Å². The molecule has 18 heavy (non-hydrogen) atoms. The summed E-state index contributed by atoms with van der Waals surface area (Å²) in [5.74, 6) is -0.0900. The Bertz CT molecular complexity index is 567. The van der Waals surface area contributed by atoms with Gasteiger partial charge in [0.15, 0.2) is 0 Å². The van der Waals surface area contributed by atoms with E-state index in [4.69, 9.17) is 5.73 Å². The minimum Gasteiger partial charge on any atom is -0.398 e. The zero-order valence-corrected chi connectivity index (χ0v) is 10.4. The van der Waals surface area contributed by atoms with Crippen LogP contribution in [0, 0.1) is 6.92 Å². The minimum atomic E-state index is -0.0900. The second-order valence-corrected chi connectivity index (χ2v) is 4.10. The molecule has 0 fully saturated rings. The molecule has 0 aliphatic heterocycles. The Morgan fingerprint density at radius 2 is 2.06 bits per heavy atom. The summed E-state index contributed by atoms with van der Waals surface area (Å²) < 4.78 is 0. The number of aromatic nitrogens is 1. The molecule has 0 bridgehead atoms. The van der Waals surface area contributed by atoms with E-state index in [0.717, 1.165) is 11.3 Å². The Kier molecular flexibility index (Phi) is 3.28. The van der Waals surface area contributed by atoms with Crippen LogP contribution in [0.4, 0.5) is 11.4 Å². The van der Waals surface area contributed by atoms with Gasteiger partial charge in [-0.15, -0.1) is 0 Å². The van der Waals surface area contributed by atoms with Crippen LogP contribution in [0.2, 0.25) is 0 Å². The standard InChI is InChI=1S/C14H15N3O/c1-10-12(6-3-7-13(10)15)14(18)17(2)11-5-4-8-16-9-11/h3-9H,15H2,1-2H3. The molecule has 0 aliphatic rings. The summed E-state index contributed by atoms with van der Waals surface area (Å²) in [7, 11) is 1.72. The van der Waals surface area contributed by atoms with Crippen LogP contribution in [-0.2, 0) is 0 Å². The zero-order valence-electron chi connectivity index (χ0n) is 10.4. The topological polar surface area (TPSA) is 59.2 Å². The lowest BCUT2D eigenvalue weighted by Gasteiger charge is -2.18. The number of pyridine rings is 1. The van der Waals surface area contributed by atoms with E-state index in [1.165, 1.54) is 0 Å². The molecule has 1 aromatic heterocycles. The van der Waals surface area contributed by atoms with Gasteiger partial charge in [0.1, 0.15) is 0 Å². The molecule has 0 saturated carbocycles. The van der Waals surface area contributed by atoms with Gasteiger partial charge in [-0.2, -0.15) is 0 Å². The molecule has 0 aliphatic carbocycles. The lowest BCUT2D eigenvalue weighted by atomic mass is 10.1. The molecule has 92 valence electrons. The lowest BCUT2D eigenvalue weighted by Crippen LogP contribution is -2.27. The van der Waals surface area contributed by atoms with E-state index in [0.29, 0.717) is 11.3 Å². The van der Waals surface area contributed by atoms with E-state index in [1.807, 2.05) is 13.0 Å². The van der Waals surface area contributed by atoms with Crippen LogP contribution < -0.4 is 10.6 Å². The number of carbonyl (C=O) groups excluding carboxylic acids is 1. The maximum absolute atomic E-state index is 12.4. The second-order valence-electron chi connectivity index (χ2n) is 4.10. The molecule has 4 nitrogen and oxygen atoms in total. The predicted octanol–water partition coefficient (Wildman–Crippen LogP) is 2.25. The van der Waals surface area contributed by atoms with Crippen LogP contribution in [0.25, 0.3) is 0 Å². The molecule has 2 N–H and O–H groups in total. The number of anilines is 2. The van der Waals surface area contributed by atoms with Gasteiger partial charge in [0.05, 0.1) is 11.9 Å². The minimum absolute atomic E-state index is 0.0900. The first-order valence-corrected chi connectivity index (χ1v) is 5.64. The summed E-state index contributed by atoms with van der Waals surface area (Å²) in [4.78, 5) is 17.9. The van der Waals surface area contributed by atoms with Crippen LogP contribution in [0.15, 0.2) is 42.7 Å². The Morgan fingerprint density at radius 3 is 2.72 bits per heavy atom. The molecule has 0 unspecified atom stereocenters. The lowest BCUT2D eigenvalue weighted by molar-refractivity contribution is 0.0992. The summed E-state index contributed by atoms with van der Waals surface area (Å²) in [6, 6.07) is 8.99. The van der Waals surface area contributed by atoms with E-state index in [-0.39, 0.29) is 5.91 Å². The summed E-state index contributed by atoms with van der Waals surface area (Å²) in [5.41, 5.74) is 8.61. The van der Waals surface area contributed by atoms with Crippen LogP contribution in [0.5, 0.6) is 0 Å². The van der Waals surface area contributed by atoms with Gasteiger partial charge in [0.2, 0.25) is 0 Å². The number of nitrogen functional groups attached to an aromatic ring is 1. The van der Waals surface area contributed by atoms with Crippen molar-refractivity contribution in [2.75, 3.05) is 17.7 Å². The molecule has 0 radical (unpaired) electrons. The average Bonchev–Trinajstić information content (AvgIpc) is 2.41. The van der Waals surface area contributed by atoms with Crippen molar-refractivity contribution in [1.29, 1.82) is 0 Å². The number of carbonyl (C=O) groups is 1. The molecule has 1 heterocycles. The maximum atomic E-state index is 12.4. The largest absolute Gasteiger partial charge is 0.398 e. The molecule has 0 spiro atoms. The smallest absolute Gasteiger partial charge is 0.258 e. The first-order chi connectivity index (χ1) is 8.61. The molecule has 4 heteroatoms. The third kappa shape index (κ3) is 2.18. The van der Waals surface area contributed by atoms with Crippen molar-refractivity contribution in [3.05, 3.63) is 53.9 Å². The molecule has 0 saturated heterocycles. The molecular weight excluding hydrogens is 226 g/mol. The van der Waals surface area contributed by atoms with E-state index >= 15 is 0 Å². The van der Waals surface area contributed by atoms with E-state index in [2.05, 4.69) is 4.98 Å². The van der Waals surface area contributed by atoms with Gasteiger partial charge in [-0.3, -0.25) is 9.78 Å². The fourth-order valence-electron chi connectivity index (χ4n) is 1.74. The Hall–Kier alpha value is -2.36. The second kappa shape index (κ2) is 4.87. The van der Waals surface area contributed by atoms with Crippen LogP contribution in [0.3, 0.4) is 0 Å². The Balaban J connectivity index is 2.35. The highest BCUT2D eigenvalue weighted by Crippen LogP contribution is 2.19. The summed E-state index contributed by atoms with van der Waals surface area (Å²) in [6.07, 6.45) is 3.33. The number of benzene rings is 1. The number of nitrogens with two attached hydrogens (primary N) is 1. The predicted molar refractivity (Wildman–Crippen MR) is 72.6 cm³/mol. The first-order valence-electron chi connectivity index (χ1n) is 5.64. The van der Waals surface area contributed by atoms with Gasteiger partial charge in [0, 0.05) is 24.5 Å². The normalized spacial score (nSPS) is 10.1.